The number of hydrogen-bond acceptors (Lipinski definition) is 2. The maximum absolute atomic E-state index is 13.2. The third-order valence-electron chi connectivity index (χ3n) is 3.47. The second-order valence-electron chi connectivity index (χ2n) is 5.28. The molecule has 7 heteroatoms. The largest absolute Gasteiger partial charge is 0.352 e. The van der Waals surface area contributed by atoms with Crippen molar-refractivity contribution in [3.8, 4) is 0 Å². The van der Waals surface area contributed by atoms with E-state index in [0.29, 0.717) is 11.1 Å². The monoisotopic (exact) mass is 333 g/mol. The van der Waals surface area contributed by atoms with E-state index in [2.05, 4.69) is 10.6 Å². The van der Waals surface area contributed by atoms with Crippen molar-refractivity contribution in [1.29, 1.82) is 0 Å². The fourth-order valence-corrected chi connectivity index (χ4v) is 2.11. The van der Waals surface area contributed by atoms with Gasteiger partial charge >= 0.3 is 6.03 Å². The van der Waals surface area contributed by atoms with Crippen LogP contribution in [0.4, 0.5) is 13.6 Å². The number of hydrogen-bond donors (Lipinski definition) is 3. The average molecular weight is 333 g/mol. The highest BCUT2D eigenvalue weighted by atomic mass is 19.2. The number of nitrogens with two attached hydrogens (primary N) is 1. The molecule has 3 amide bonds. The molecule has 4 N–H and O–H groups in total. The minimum Gasteiger partial charge on any atom is -0.352 e. The smallest absolute Gasteiger partial charge is 0.312 e. The molecule has 1 atom stereocenters. The van der Waals surface area contributed by atoms with Gasteiger partial charge in [-0.3, -0.25) is 4.79 Å². The standard InChI is InChI=1S/C17H17F2N3O2/c1-10(13-6-7-14(18)15(19)8-13)22-16(23)12-4-2-11(3-5-12)9-21-17(20)24/h2-8,10H,9H2,1H3,(H,22,23)(H3,20,21,24)/t10-/m0/s1. The van der Waals surface area contributed by atoms with Gasteiger partial charge in [0.25, 0.3) is 5.91 Å². The van der Waals surface area contributed by atoms with Gasteiger partial charge in [-0.15, -0.1) is 0 Å². The quantitative estimate of drug-likeness (QED) is 0.786. The Kier molecular flexibility index (Phi) is 5.47. The molecule has 0 saturated carbocycles. The van der Waals surface area contributed by atoms with Gasteiger partial charge in [-0.2, -0.15) is 0 Å². The second kappa shape index (κ2) is 7.54. The van der Waals surface area contributed by atoms with Crippen LogP contribution in [0.3, 0.4) is 0 Å². The number of carbonyl (C=O) groups is 2. The number of nitrogens with one attached hydrogen (secondary N) is 2. The zero-order chi connectivity index (χ0) is 17.7. The molecule has 0 spiro atoms. The number of halogens is 2. The van der Waals surface area contributed by atoms with Crippen LogP contribution in [0.15, 0.2) is 42.5 Å². The lowest BCUT2D eigenvalue weighted by atomic mass is 10.1. The number of primary amides is 1. The van der Waals surface area contributed by atoms with Gasteiger partial charge in [0.2, 0.25) is 0 Å². The van der Waals surface area contributed by atoms with Crippen molar-refractivity contribution in [3.63, 3.8) is 0 Å². The molecule has 5 nitrogen and oxygen atoms in total. The van der Waals surface area contributed by atoms with Crippen LogP contribution in [0.25, 0.3) is 0 Å². The molecule has 0 aliphatic rings. The zero-order valence-electron chi connectivity index (χ0n) is 13.0. The zero-order valence-corrected chi connectivity index (χ0v) is 13.0. The molecule has 24 heavy (non-hydrogen) atoms. The molecule has 2 aromatic rings. The number of urea groups is 1. The molecule has 0 unspecified atom stereocenters. The third-order valence-corrected chi connectivity index (χ3v) is 3.47. The van der Waals surface area contributed by atoms with Crippen LogP contribution in [0.2, 0.25) is 0 Å². The lowest BCUT2D eigenvalue weighted by molar-refractivity contribution is 0.0939. The van der Waals surface area contributed by atoms with Gasteiger partial charge in [0.05, 0.1) is 6.04 Å². The lowest BCUT2D eigenvalue weighted by Crippen LogP contribution is -2.29. The Morgan fingerprint density at radius 2 is 1.75 bits per heavy atom. The number of amides is 3. The van der Waals surface area contributed by atoms with Gasteiger partial charge < -0.3 is 16.4 Å². The van der Waals surface area contributed by atoms with Crippen molar-refractivity contribution in [2.45, 2.75) is 19.5 Å². The van der Waals surface area contributed by atoms with Gasteiger partial charge in [-0.05, 0) is 42.3 Å². The van der Waals surface area contributed by atoms with Crippen molar-refractivity contribution in [2.24, 2.45) is 5.73 Å². The predicted octanol–water partition coefficient (Wildman–Crippen LogP) is 2.62. The fourth-order valence-electron chi connectivity index (χ4n) is 2.11. The van der Waals surface area contributed by atoms with Gasteiger partial charge in [0.15, 0.2) is 11.6 Å². The highest BCUT2D eigenvalue weighted by Gasteiger charge is 2.13. The predicted molar refractivity (Wildman–Crippen MR) is 85.1 cm³/mol. The summed E-state index contributed by atoms with van der Waals surface area (Å²) in [6.07, 6.45) is 0. The van der Waals surface area contributed by atoms with Crippen molar-refractivity contribution >= 4 is 11.9 Å². The summed E-state index contributed by atoms with van der Waals surface area (Å²) in [7, 11) is 0. The van der Waals surface area contributed by atoms with Crippen LogP contribution in [0.1, 0.15) is 34.5 Å². The van der Waals surface area contributed by atoms with Crippen LogP contribution >= 0.6 is 0 Å². The first-order chi connectivity index (χ1) is 11.4. The normalized spacial score (nSPS) is 11.6. The first-order valence-electron chi connectivity index (χ1n) is 7.25. The summed E-state index contributed by atoms with van der Waals surface area (Å²) in [4.78, 5) is 22.8. The molecular formula is C17H17F2N3O2. The molecule has 0 saturated heterocycles. The SMILES string of the molecule is C[C@H](NC(=O)c1ccc(CNC(N)=O)cc1)c1ccc(F)c(F)c1. The van der Waals surface area contributed by atoms with Crippen molar-refractivity contribution in [2.75, 3.05) is 0 Å². The van der Waals surface area contributed by atoms with Crippen molar-refractivity contribution < 1.29 is 18.4 Å². The summed E-state index contributed by atoms with van der Waals surface area (Å²) in [6.45, 7) is 1.94. The Bertz CT molecular complexity index is 748. The maximum Gasteiger partial charge on any atom is 0.312 e. The van der Waals surface area contributed by atoms with E-state index >= 15 is 0 Å². The van der Waals surface area contributed by atoms with E-state index in [1.807, 2.05) is 0 Å². The number of carbonyl (C=O) groups excluding carboxylic acids is 2. The summed E-state index contributed by atoms with van der Waals surface area (Å²) in [5.41, 5.74) is 6.65. The first-order valence-corrected chi connectivity index (χ1v) is 7.25. The van der Waals surface area contributed by atoms with Gasteiger partial charge in [-0.1, -0.05) is 18.2 Å². The van der Waals surface area contributed by atoms with Crippen molar-refractivity contribution in [3.05, 3.63) is 70.8 Å². The molecule has 0 heterocycles. The van der Waals surface area contributed by atoms with E-state index in [9.17, 15) is 18.4 Å². The summed E-state index contributed by atoms with van der Waals surface area (Å²) < 4.78 is 26.2. The fraction of sp³-hybridized carbons (Fsp3) is 0.176. The molecule has 2 aromatic carbocycles. The van der Waals surface area contributed by atoms with Crippen molar-refractivity contribution in [1.82, 2.24) is 10.6 Å². The highest BCUT2D eigenvalue weighted by molar-refractivity contribution is 5.94. The highest BCUT2D eigenvalue weighted by Crippen LogP contribution is 2.16. The maximum atomic E-state index is 13.2. The van der Waals surface area contributed by atoms with Crippen LogP contribution < -0.4 is 16.4 Å². The summed E-state index contributed by atoms with van der Waals surface area (Å²) in [5, 5.41) is 5.16. The van der Waals surface area contributed by atoms with Crippen LogP contribution in [-0.2, 0) is 6.54 Å². The van der Waals surface area contributed by atoms with Gasteiger partial charge in [-0.25, -0.2) is 13.6 Å². The van der Waals surface area contributed by atoms with Crippen LogP contribution in [-0.4, -0.2) is 11.9 Å². The molecule has 2 rings (SSSR count). The van der Waals surface area contributed by atoms with E-state index in [1.54, 1.807) is 31.2 Å². The Hall–Kier alpha value is -2.96. The van der Waals surface area contributed by atoms with Gasteiger partial charge in [0, 0.05) is 12.1 Å². The first kappa shape index (κ1) is 17.4. The summed E-state index contributed by atoms with van der Waals surface area (Å²) in [6, 6.07) is 8.96. The molecule has 0 aliphatic carbocycles. The summed E-state index contributed by atoms with van der Waals surface area (Å²) in [5.74, 6) is -2.24. The van der Waals surface area contributed by atoms with Crippen LogP contribution in [0.5, 0.6) is 0 Å². The van der Waals surface area contributed by atoms with E-state index in [-0.39, 0.29) is 12.5 Å². The number of benzene rings is 2. The number of rotatable bonds is 5. The Labute approximate surface area is 137 Å². The molecule has 0 bridgehead atoms. The molecular weight excluding hydrogens is 316 g/mol. The topological polar surface area (TPSA) is 84.2 Å². The second-order valence-corrected chi connectivity index (χ2v) is 5.28. The van der Waals surface area contributed by atoms with E-state index in [0.717, 1.165) is 17.7 Å². The van der Waals surface area contributed by atoms with Crippen LogP contribution in [0, 0.1) is 11.6 Å². The van der Waals surface area contributed by atoms with Gasteiger partial charge in [0.1, 0.15) is 0 Å². The molecule has 0 aromatic heterocycles. The van der Waals surface area contributed by atoms with E-state index < -0.39 is 23.7 Å². The van der Waals surface area contributed by atoms with E-state index in [4.69, 9.17) is 5.73 Å². The average Bonchev–Trinajstić information content (AvgIpc) is 2.55. The third kappa shape index (κ3) is 4.52. The Balaban J connectivity index is 2.00. The molecule has 126 valence electrons. The molecule has 0 aliphatic heterocycles. The summed E-state index contributed by atoms with van der Waals surface area (Å²) >= 11 is 0. The molecule has 0 fully saturated rings. The van der Waals surface area contributed by atoms with E-state index in [1.165, 1.54) is 6.07 Å². The Morgan fingerprint density at radius 1 is 1.08 bits per heavy atom. The molecule has 0 radical (unpaired) electrons. The minimum atomic E-state index is -0.958. The lowest BCUT2D eigenvalue weighted by Gasteiger charge is -2.15. The minimum absolute atomic E-state index is 0.266. The Morgan fingerprint density at radius 3 is 2.33 bits per heavy atom.